The third kappa shape index (κ3) is 6.85. The number of benzene rings is 3. The highest BCUT2D eigenvalue weighted by molar-refractivity contribution is 7.86. The lowest BCUT2D eigenvalue weighted by molar-refractivity contribution is 0.170. The first-order valence-electron chi connectivity index (χ1n) is 11.6. The Bertz CT molecular complexity index is 1370. The van der Waals surface area contributed by atoms with E-state index in [1.165, 1.54) is 5.56 Å². The summed E-state index contributed by atoms with van der Waals surface area (Å²) in [4.78, 5) is 3.13. The summed E-state index contributed by atoms with van der Waals surface area (Å²) in [7, 11) is -3.61. The van der Waals surface area contributed by atoms with Gasteiger partial charge < -0.3 is 24.9 Å². The van der Waals surface area contributed by atoms with Gasteiger partial charge in [0.15, 0.2) is 5.75 Å². The number of rotatable bonds is 11. The Labute approximate surface area is 206 Å². The van der Waals surface area contributed by atoms with Crippen molar-refractivity contribution in [2.24, 2.45) is 0 Å². The van der Waals surface area contributed by atoms with E-state index in [1.54, 1.807) is 12.1 Å². The summed E-state index contributed by atoms with van der Waals surface area (Å²) in [5.74, 6) is 0.285. The zero-order valence-corrected chi connectivity index (χ0v) is 20.7. The second-order valence-electron chi connectivity index (χ2n) is 8.77. The van der Waals surface area contributed by atoms with E-state index in [0.717, 1.165) is 35.0 Å². The van der Waals surface area contributed by atoms with Crippen molar-refractivity contribution in [2.75, 3.05) is 18.1 Å². The van der Waals surface area contributed by atoms with Gasteiger partial charge >= 0.3 is 10.1 Å². The fourth-order valence-electron chi connectivity index (χ4n) is 4.07. The molecule has 3 aromatic carbocycles. The first-order chi connectivity index (χ1) is 16.8. The Balaban J connectivity index is 1.34. The van der Waals surface area contributed by atoms with Gasteiger partial charge in [0.2, 0.25) is 0 Å². The molecule has 0 bridgehead atoms. The van der Waals surface area contributed by atoms with Crippen LogP contribution in [0.25, 0.3) is 10.9 Å². The summed E-state index contributed by atoms with van der Waals surface area (Å²) in [6.45, 7) is 3.19. The highest BCUT2D eigenvalue weighted by Gasteiger charge is 2.15. The molecule has 0 unspecified atom stereocenters. The summed E-state index contributed by atoms with van der Waals surface area (Å²) in [6, 6.07) is 23.4. The number of aliphatic hydroxyl groups is 1. The third-order valence-corrected chi connectivity index (χ3v) is 6.28. The maximum atomic E-state index is 11.5. The SMILES string of the molecule is C[C@H](Cc1c[nH]c2c(OS(C)(=O)=O)cccc12)NC[C@H](O)c1cccc(NCc2ccccc2)c1. The Hall–Kier alpha value is -3.33. The van der Waals surface area contributed by atoms with Crippen LogP contribution in [0.1, 0.15) is 29.7 Å². The van der Waals surface area contributed by atoms with Crippen LogP contribution < -0.4 is 14.8 Å². The number of hydrogen-bond acceptors (Lipinski definition) is 6. The molecule has 0 saturated carbocycles. The number of para-hydroxylation sites is 1. The number of aromatic nitrogens is 1. The Morgan fingerprint density at radius 3 is 2.57 bits per heavy atom. The average molecular weight is 494 g/mol. The zero-order valence-electron chi connectivity index (χ0n) is 19.9. The number of nitrogens with one attached hydrogen (secondary N) is 3. The smallest absolute Gasteiger partial charge is 0.306 e. The van der Waals surface area contributed by atoms with E-state index in [0.29, 0.717) is 18.5 Å². The molecule has 0 radical (unpaired) electrons. The Kier molecular flexibility index (Phi) is 7.75. The topological polar surface area (TPSA) is 103 Å². The largest absolute Gasteiger partial charge is 0.387 e. The fourth-order valence-corrected chi connectivity index (χ4v) is 4.54. The van der Waals surface area contributed by atoms with Gasteiger partial charge in [0.1, 0.15) is 0 Å². The van der Waals surface area contributed by atoms with E-state index in [4.69, 9.17) is 4.18 Å². The number of aromatic amines is 1. The molecule has 4 rings (SSSR count). The van der Waals surface area contributed by atoms with E-state index in [-0.39, 0.29) is 11.8 Å². The molecule has 7 nitrogen and oxygen atoms in total. The van der Waals surface area contributed by atoms with Gasteiger partial charge in [-0.15, -0.1) is 0 Å². The van der Waals surface area contributed by atoms with Gasteiger partial charge in [-0.1, -0.05) is 54.6 Å². The molecule has 0 saturated heterocycles. The molecular formula is C27H31N3O4S. The van der Waals surface area contributed by atoms with Crippen LogP contribution in [0.4, 0.5) is 5.69 Å². The van der Waals surface area contributed by atoms with Crippen molar-refractivity contribution in [3.05, 3.63) is 95.7 Å². The molecule has 2 atom stereocenters. The van der Waals surface area contributed by atoms with Crippen molar-refractivity contribution < 1.29 is 17.7 Å². The van der Waals surface area contributed by atoms with E-state index in [9.17, 15) is 13.5 Å². The van der Waals surface area contributed by atoms with E-state index in [1.807, 2.05) is 54.7 Å². The maximum Gasteiger partial charge on any atom is 0.306 e. The van der Waals surface area contributed by atoms with Crippen LogP contribution in [-0.4, -0.2) is 37.4 Å². The summed E-state index contributed by atoms with van der Waals surface area (Å²) in [5, 5.41) is 18.5. The van der Waals surface area contributed by atoms with Crippen LogP contribution in [0.15, 0.2) is 79.0 Å². The second-order valence-corrected chi connectivity index (χ2v) is 10.3. The minimum atomic E-state index is -3.61. The third-order valence-electron chi connectivity index (χ3n) is 5.80. The van der Waals surface area contributed by atoms with Crippen LogP contribution in [0.5, 0.6) is 5.75 Å². The molecule has 0 amide bonds. The van der Waals surface area contributed by atoms with Crippen molar-refractivity contribution in [1.82, 2.24) is 10.3 Å². The lowest BCUT2D eigenvalue weighted by atomic mass is 10.0. The van der Waals surface area contributed by atoms with Crippen LogP contribution in [0.2, 0.25) is 0 Å². The lowest BCUT2D eigenvalue weighted by Crippen LogP contribution is -2.32. The Morgan fingerprint density at radius 1 is 1.03 bits per heavy atom. The molecule has 1 aromatic heterocycles. The average Bonchev–Trinajstić information content (AvgIpc) is 3.25. The molecule has 4 N–H and O–H groups in total. The second kappa shape index (κ2) is 10.9. The highest BCUT2D eigenvalue weighted by atomic mass is 32.2. The van der Waals surface area contributed by atoms with Gasteiger partial charge in [-0.3, -0.25) is 0 Å². The zero-order chi connectivity index (χ0) is 24.8. The molecular weight excluding hydrogens is 462 g/mol. The highest BCUT2D eigenvalue weighted by Crippen LogP contribution is 2.29. The van der Waals surface area contributed by atoms with Crippen molar-refractivity contribution in [3.63, 3.8) is 0 Å². The number of anilines is 1. The standard InChI is InChI=1S/C27H31N3O4S/c1-19(14-22-17-30-27-24(22)12-7-13-26(27)34-35(2,32)33)28-18-25(31)21-10-6-11-23(15-21)29-16-20-8-4-3-5-9-20/h3-13,15,17,19,25,28-31H,14,16,18H2,1-2H3/t19-,25+/m1/s1. The number of hydrogen-bond donors (Lipinski definition) is 4. The molecule has 0 aliphatic rings. The van der Waals surface area contributed by atoms with Crippen LogP contribution in [-0.2, 0) is 23.1 Å². The quantitative estimate of drug-likeness (QED) is 0.231. The Morgan fingerprint density at radius 2 is 1.80 bits per heavy atom. The van der Waals surface area contributed by atoms with E-state index >= 15 is 0 Å². The molecule has 4 aromatic rings. The summed E-state index contributed by atoms with van der Waals surface area (Å²) >= 11 is 0. The van der Waals surface area contributed by atoms with Crippen molar-refractivity contribution >= 4 is 26.7 Å². The fraction of sp³-hybridized carbons (Fsp3) is 0.259. The van der Waals surface area contributed by atoms with E-state index in [2.05, 4.69) is 34.7 Å². The predicted octanol–water partition coefficient (Wildman–Crippen LogP) is 4.37. The maximum absolute atomic E-state index is 11.5. The minimum absolute atomic E-state index is 0.0857. The first kappa shape index (κ1) is 24.8. The monoisotopic (exact) mass is 493 g/mol. The van der Waals surface area contributed by atoms with Crippen LogP contribution >= 0.6 is 0 Å². The molecule has 0 spiro atoms. The van der Waals surface area contributed by atoms with Gasteiger partial charge in [-0.25, -0.2) is 0 Å². The van der Waals surface area contributed by atoms with E-state index < -0.39 is 16.2 Å². The molecule has 35 heavy (non-hydrogen) atoms. The number of H-pyrrole nitrogens is 1. The molecule has 0 fully saturated rings. The van der Waals surface area contributed by atoms with Gasteiger partial charge in [0.25, 0.3) is 0 Å². The van der Waals surface area contributed by atoms with Gasteiger partial charge in [0.05, 0.1) is 17.9 Å². The molecule has 184 valence electrons. The van der Waals surface area contributed by atoms with Gasteiger partial charge in [0, 0.05) is 36.4 Å². The van der Waals surface area contributed by atoms with Crippen molar-refractivity contribution in [1.29, 1.82) is 0 Å². The lowest BCUT2D eigenvalue weighted by Gasteiger charge is -2.18. The minimum Gasteiger partial charge on any atom is -0.387 e. The van der Waals surface area contributed by atoms with Crippen molar-refractivity contribution in [3.8, 4) is 5.75 Å². The summed E-state index contributed by atoms with van der Waals surface area (Å²) in [5.41, 5.74) is 4.70. The summed E-state index contributed by atoms with van der Waals surface area (Å²) < 4.78 is 28.2. The van der Waals surface area contributed by atoms with Crippen LogP contribution in [0.3, 0.4) is 0 Å². The van der Waals surface area contributed by atoms with Gasteiger partial charge in [-0.2, -0.15) is 8.42 Å². The molecule has 0 aliphatic heterocycles. The molecule has 8 heteroatoms. The molecule has 0 aliphatic carbocycles. The normalized spacial score (nSPS) is 13.5. The summed E-state index contributed by atoms with van der Waals surface area (Å²) in [6.07, 6.45) is 2.96. The van der Waals surface area contributed by atoms with Crippen LogP contribution in [0, 0.1) is 0 Å². The predicted molar refractivity (Wildman–Crippen MR) is 140 cm³/mol. The van der Waals surface area contributed by atoms with Gasteiger partial charge in [-0.05, 0) is 48.2 Å². The number of aliphatic hydroxyl groups excluding tert-OH is 1. The van der Waals surface area contributed by atoms with Crippen molar-refractivity contribution in [2.45, 2.75) is 32.0 Å². The molecule has 1 heterocycles. The first-order valence-corrected chi connectivity index (χ1v) is 13.4. The number of fused-ring (bicyclic) bond motifs is 1.